The Kier molecular flexibility index (Phi) is 2.57. The lowest BCUT2D eigenvalue weighted by molar-refractivity contribution is -0.125. The molecule has 1 aliphatic rings. The maximum Gasteiger partial charge on any atom is 0.243 e. The molecule has 1 aromatic carbocycles. The van der Waals surface area contributed by atoms with Crippen molar-refractivity contribution in [1.29, 1.82) is 0 Å². The molecule has 0 saturated carbocycles. The normalized spacial score (nSPS) is 19.0. The van der Waals surface area contributed by atoms with Gasteiger partial charge in [0.05, 0.1) is 17.2 Å². The number of rotatable bonds is 1. The number of pyridine rings is 1. The fourth-order valence-electron chi connectivity index (χ4n) is 3.06. The van der Waals surface area contributed by atoms with Crippen LogP contribution < -0.4 is 11.1 Å². The molecule has 1 fully saturated rings. The number of anilines is 1. The first-order chi connectivity index (χ1) is 10.3. The second-order valence-electron chi connectivity index (χ2n) is 5.30. The van der Waals surface area contributed by atoms with Crippen LogP contribution in [-0.4, -0.2) is 27.0 Å². The minimum absolute atomic E-state index is 0.00754. The van der Waals surface area contributed by atoms with Gasteiger partial charge in [0.1, 0.15) is 11.6 Å². The Morgan fingerprint density at radius 2 is 2.14 bits per heavy atom. The van der Waals surface area contributed by atoms with E-state index in [9.17, 15) is 4.79 Å². The topological polar surface area (TPSA) is 85.8 Å². The SMILES string of the molecule is Nc1nc2cnc3ccccc3c2n1C1CCCNC1=O. The van der Waals surface area contributed by atoms with E-state index in [1.165, 1.54) is 0 Å². The summed E-state index contributed by atoms with van der Waals surface area (Å²) in [5.41, 5.74) is 8.57. The highest BCUT2D eigenvalue weighted by Crippen LogP contribution is 2.31. The number of aromatic nitrogens is 3. The van der Waals surface area contributed by atoms with Gasteiger partial charge in [-0.15, -0.1) is 0 Å². The molecule has 6 heteroatoms. The lowest BCUT2D eigenvalue weighted by atomic mass is 10.1. The molecule has 2 aromatic heterocycles. The van der Waals surface area contributed by atoms with Crippen LogP contribution in [0.4, 0.5) is 5.95 Å². The smallest absolute Gasteiger partial charge is 0.243 e. The number of nitrogens with two attached hydrogens (primary N) is 1. The summed E-state index contributed by atoms with van der Waals surface area (Å²) in [5.74, 6) is 0.373. The van der Waals surface area contributed by atoms with Crippen molar-refractivity contribution in [2.75, 3.05) is 12.3 Å². The predicted octanol–water partition coefficient (Wildman–Crippen LogP) is 1.62. The standard InChI is InChI=1S/C15H15N5O/c16-15-19-11-8-18-10-5-2-1-4-9(10)13(11)20(15)12-6-3-7-17-14(12)21/h1-2,4-5,8,12H,3,6-7H2,(H2,16,19)(H,17,21). The number of fused-ring (bicyclic) bond motifs is 3. The van der Waals surface area contributed by atoms with Gasteiger partial charge in [-0.25, -0.2) is 4.98 Å². The highest BCUT2D eigenvalue weighted by Gasteiger charge is 2.27. The Bertz CT molecular complexity index is 854. The van der Waals surface area contributed by atoms with E-state index in [-0.39, 0.29) is 11.9 Å². The van der Waals surface area contributed by atoms with Gasteiger partial charge in [-0.2, -0.15) is 0 Å². The van der Waals surface area contributed by atoms with Crippen LogP contribution in [0.25, 0.3) is 21.9 Å². The monoisotopic (exact) mass is 281 g/mol. The zero-order valence-corrected chi connectivity index (χ0v) is 11.4. The van der Waals surface area contributed by atoms with Gasteiger partial charge in [0.2, 0.25) is 11.9 Å². The van der Waals surface area contributed by atoms with Crippen LogP contribution in [0.2, 0.25) is 0 Å². The molecule has 6 nitrogen and oxygen atoms in total. The van der Waals surface area contributed by atoms with Crippen molar-refractivity contribution in [2.24, 2.45) is 0 Å². The van der Waals surface area contributed by atoms with E-state index in [2.05, 4.69) is 15.3 Å². The number of imidazole rings is 1. The molecular formula is C15H15N5O. The minimum atomic E-state index is -0.297. The summed E-state index contributed by atoms with van der Waals surface area (Å²) in [6.45, 7) is 0.726. The Balaban J connectivity index is 2.05. The molecule has 106 valence electrons. The maximum atomic E-state index is 12.2. The van der Waals surface area contributed by atoms with E-state index < -0.39 is 0 Å². The third kappa shape index (κ3) is 1.75. The van der Waals surface area contributed by atoms with Crippen molar-refractivity contribution < 1.29 is 4.79 Å². The number of hydrogen-bond donors (Lipinski definition) is 2. The molecule has 3 N–H and O–H groups in total. The van der Waals surface area contributed by atoms with Crippen LogP contribution in [0.15, 0.2) is 30.5 Å². The molecule has 0 aliphatic carbocycles. The highest BCUT2D eigenvalue weighted by molar-refractivity contribution is 6.03. The van der Waals surface area contributed by atoms with E-state index in [0.29, 0.717) is 5.95 Å². The minimum Gasteiger partial charge on any atom is -0.369 e. The first-order valence-electron chi connectivity index (χ1n) is 7.04. The zero-order valence-electron chi connectivity index (χ0n) is 11.4. The number of nitrogens with one attached hydrogen (secondary N) is 1. The molecule has 1 atom stereocenters. The van der Waals surface area contributed by atoms with E-state index in [4.69, 9.17) is 5.73 Å². The molecular weight excluding hydrogens is 266 g/mol. The van der Waals surface area contributed by atoms with Crippen molar-refractivity contribution in [3.63, 3.8) is 0 Å². The number of nitrogen functional groups attached to an aromatic ring is 1. The average molecular weight is 281 g/mol. The second-order valence-corrected chi connectivity index (χ2v) is 5.30. The molecule has 4 rings (SSSR count). The lowest BCUT2D eigenvalue weighted by Crippen LogP contribution is -2.38. The number of carbonyl (C=O) groups excluding carboxylic acids is 1. The maximum absolute atomic E-state index is 12.2. The van der Waals surface area contributed by atoms with Crippen LogP contribution in [0.5, 0.6) is 0 Å². The van der Waals surface area contributed by atoms with Gasteiger partial charge >= 0.3 is 0 Å². The Labute approximate surface area is 121 Å². The van der Waals surface area contributed by atoms with Gasteiger partial charge in [-0.1, -0.05) is 18.2 Å². The highest BCUT2D eigenvalue weighted by atomic mass is 16.2. The van der Waals surface area contributed by atoms with E-state index in [1.54, 1.807) is 6.20 Å². The summed E-state index contributed by atoms with van der Waals surface area (Å²) < 4.78 is 1.86. The summed E-state index contributed by atoms with van der Waals surface area (Å²) in [6, 6.07) is 7.54. The zero-order chi connectivity index (χ0) is 14.4. The summed E-state index contributed by atoms with van der Waals surface area (Å²) in [4.78, 5) is 21.0. The number of nitrogens with zero attached hydrogens (tertiary/aromatic N) is 3. The number of carbonyl (C=O) groups is 1. The summed E-state index contributed by atoms with van der Waals surface area (Å²) in [7, 11) is 0. The molecule has 3 heterocycles. The Morgan fingerprint density at radius 1 is 1.29 bits per heavy atom. The van der Waals surface area contributed by atoms with Gasteiger partial charge in [-0.3, -0.25) is 14.3 Å². The molecule has 0 bridgehead atoms. The van der Waals surface area contributed by atoms with Gasteiger partial charge < -0.3 is 11.1 Å². The van der Waals surface area contributed by atoms with Crippen molar-refractivity contribution in [3.8, 4) is 0 Å². The molecule has 1 saturated heterocycles. The van der Waals surface area contributed by atoms with Crippen LogP contribution in [0.1, 0.15) is 18.9 Å². The van der Waals surface area contributed by atoms with Gasteiger partial charge in [-0.05, 0) is 18.9 Å². The Hall–Kier alpha value is -2.63. The first kappa shape index (κ1) is 12.1. The fraction of sp³-hybridized carbons (Fsp3) is 0.267. The first-order valence-corrected chi connectivity index (χ1v) is 7.04. The van der Waals surface area contributed by atoms with E-state index in [1.807, 2.05) is 28.8 Å². The third-order valence-electron chi connectivity index (χ3n) is 4.02. The van der Waals surface area contributed by atoms with Crippen LogP contribution in [0.3, 0.4) is 0 Å². The quantitative estimate of drug-likeness (QED) is 0.709. The van der Waals surface area contributed by atoms with Crippen molar-refractivity contribution in [2.45, 2.75) is 18.9 Å². The fourth-order valence-corrected chi connectivity index (χ4v) is 3.06. The van der Waals surface area contributed by atoms with Crippen molar-refractivity contribution >= 4 is 33.8 Å². The summed E-state index contributed by atoms with van der Waals surface area (Å²) in [6.07, 6.45) is 3.43. The summed E-state index contributed by atoms with van der Waals surface area (Å²) in [5, 5.41) is 3.87. The molecule has 0 radical (unpaired) electrons. The average Bonchev–Trinajstić information content (AvgIpc) is 2.84. The Morgan fingerprint density at radius 3 is 3.00 bits per heavy atom. The number of hydrogen-bond acceptors (Lipinski definition) is 4. The van der Waals surface area contributed by atoms with E-state index in [0.717, 1.165) is 41.3 Å². The van der Waals surface area contributed by atoms with E-state index >= 15 is 0 Å². The molecule has 1 amide bonds. The van der Waals surface area contributed by atoms with Crippen LogP contribution >= 0.6 is 0 Å². The van der Waals surface area contributed by atoms with Crippen molar-refractivity contribution in [1.82, 2.24) is 19.9 Å². The molecule has 1 aliphatic heterocycles. The summed E-state index contributed by atoms with van der Waals surface area (Å²) >= 11 is 0. The number of para-hydroxylation sites is 1. The van der Waals surface area contributed by atoms with Crippen molar-refractivity contribution in [3.05, 3.63) is 30.5 Å². The van der Waals surface area contributed by atoms with Crippen LogP contribution in [-0.2, 0) is 4.79 Å². The third-order valence-corrected chi connectivity index (χ3v) is 4.02. The number of benzene rings is 1. The number of piperidine rings is 1. The largest absolute Gasteiger partial charge is 0.369 e. The molecule has 21 heavy (non-hydrogen) atoms. The van der Waals surface area contributed by atoms with Crippen LogP contribution in [0, 0.1) is 0 Å². The molecule has 0 spiro atoms. The number of amides is 1. The second kappa shape index (κ2) is 4.44. The molecule has 1 unspecified atom stereocenters. The van der Waals surface area contributed by atoms with Gasteiger partial charge in [0.15, 0.2) is 0 Å². The molecule has 3 aromatic rings. The lowest BCUT2D eigenvalue weighted by Gasteiger charge is -2.24. The van der Waals surface area contributed by atoms with Gasteiger partial charge in [0, 0.05) is 11.9 Å². The van der Waals surface area contributed by atoms with Gasteiger partial charge in [0.25, 0.3) is 0 Å². The predicted molar refractivity (Wildman–Crippen MR) is 80.7 cm³/mol.